The number of carbonyl (C=O) groups excluding carboxylic acids is 1. The van der Waals surface area contributed by atoms with E-state index in [0.29, 0.717) is 25.3 Å². The highest BCUT2D eigenvalue weighted by Crippen LogP contribution is 2.43. The zero-order valence-electron chi connectivity index (χ0n) is 20.9. The van der Waals surface area contributed by atoms with Crippen LogP contribution in [0.5, 0.6) is 11.5 Å². The number of nitrogens with zero attached hydrogens (tertiary/aromatic N) is 1. The average molecular weight is 501 g/mol. The summed E-state index contributed by atoms with van der Waals surface area (Å²) in [4.78, 5) is 13.7. The molecular weight excluding hydrogens is 464 g/mol. The van der Waals surface area contributed by atoms with Crippen molar-refractivity contribution in [3.8, 4) is 11.5 Å². The molecule has 2 aromatic rings. The summed E-state index contributed by atoms with van der Waals surface area (Å²) in [5.41, 5.74) is 0.769. The van der Waals surface area contributed by atoms with Crippen LogP contribution in [0.3, 0.4) is 0 Å². The van der Waals surface area contributed by atoms with E-state index in [1.807, 2.05) is 24.3 Å². The number of sulfonamides is 1. The second-order valence-corrected chi connectivity index (χ2v) is 11.4. The van der Waals surface area contributed by atoms with E-state index in [1.165, 1.54) is 23.5 Å². The Morgan fingerprint density at radius 1 is 1.09 bits per heavy atom. The molecule has 0 unspecified atom stereocenters. The molecule has 7 nitrogen and oxygen atoms in total. The predicted molar refractivity (Wildman–Crippen MR) is 135 cm³/mol. The van der Waals surface area contributed by atoms with Crippen molar-refractivity contribution in [2.45, 2.75) is 75.3 Å². The topological polar surface area (TPSA) is 84.9 Å². The third-order valence-electron chi connectivity index (χ3n) is 7.41. The molecule has 2 aliphatic rings. The lowest BCUT2D eigenvalue weighted by Gasteiger charge is -2.41. The number of benzene rings is 2. The van der Waals surface area contributed by atoms with Gasteiger partial charge < -0.3 is 14.8 Å². The summed E-state index contributed by atoms with van der Waals surface area (Å²) in [6, 6.07) is 12.0. The average Bonchev–Trinajstić information content (AvgIpc) is 3.18. The molecule has 0 saturated carbocycles. The maximum atomic E-state index is 13.6. The van der Waals surface area contributed by atoms with Crippen molar-refractivity contribution in [1.82, 2.24) is 9.62 Å². The number of hydrogen-bond acceptors (Lipinski definition) is 5. The molecule has 0 spiro atoms. The first-order valence-corrected chi connectivity index (χ1v) is 14.0. The SMILES string of the molecule is CCC1(CC)C[C@@H](NC(=O)c2cc(S(=O)(=O)N3CCCCCC3)ccc2OC)c2ccccc2O1. The highest BCUT2D eigenvalue weighted by molar-refractivity contribution is 7.89. The molecule has 1 amide bonds. The molecule has 0 aliphatic carbocycles. The van der Waals surface area contributed by atoms with Crippen molar-refractivity contribution in [3.63, 3.8) is 0 Å². The van der Waals surface area contributed by atoms with Crippen molar-refractivity contribution in [2.24, 2.45) is 0 Å². The zero-order chi connectivity index (χ0) is 25.1. The predicted octanol–water partition coefficient (Wildman–Crippen LogP) is 5.07. The summed E-state index contributed by atoms with van der Waals surface area (Å²) in [6.07, 6.45) is 6.04. The van der Waals surface area contributed by atoms with Crippen LogP contribution in [0.15, 0.2) is 47.4 Å². The summed E-state index contributed by atoms with van der Waals surface area (Å²) in [5.74, 6) is 0.754. The molecule has 1 N–H and O–H groups in total. The summed E-state index contributed by atoms with van der Waals surface area (Å²) < 4.78 is 40.1. The van der Waals surface area contributed by atoms with Crippen molar-refractivity contribution in [1.29, 1.82) is 0 Å². The first-order valence-electron chi connectivity index (χ1n) is 12.6. The van der Waals surface area contributed by atoms with Gasteiger partial charge in [-0.05, 0) is 49.9 Å². The van der Waals surface area contributed by atoms with Crippen molar-refractivity contribution < 1.29 is 22.7 Å². The minimum absolute atomic E-state index is 0.120. The maximum absolute atomic E-state index is 13.6. The normalized spacial score (nSPS) is 20.3. The van der Waals surface area contributed by atoms with Crippen LogP contribution in [-0.2, 0) is 10.0 Å². The molecule has 35 heavy (non-hydrogen) atoms. The quantitative estimate of drug-likeness (QED) is 0.574. The highest BCUT2D eigenvalue weighted by atomic mass is 32.2. The van der Waals surface area contributed by atoms with Gasteiger partial charge in [0.1, 0.15) is 17.1 Å². The van der Waals surface area contributed by atoms with Gasteiger partial charge >= 0.3 is 0 Å². The minimum atomic E-state index is -3.70. The van der Waals surface area contributed by atoms with Gasteiger partial charge in [-0.1, -0.05) is 44.9 Å². The molecule has 4 rings (SSSR count). The molecule has 0 bridgehead atoms. The van der Waals surface area contributed by atoms with E-state index in [2.05, 4.69) is 19.2 Å². The van der Waals surface area contributed by atoms with Crippen LogP contribution in [0.2, 0.25) is 0 Å². The lowest BCUT2D eigenvalue weighted by molar-refractivity contribution is 0.0227. The Bertz CT molecular complexity index is 1150. The highest BCUT2D eigenvalue weighted by Gasteiger charge is 2.39. The number of amides is 1. The Labute approximate surface area is 208 Å². The van der Waals surface area contributed by atoms with Crippen LogP contribution >= 0.6 is 0 Å². The molecule has 0 radical (unpaired) electrons. The number of fused-ring (bicyclic) bond motifs is 1. The summed E-state index contributed by atoms with van der Waals surface area (Å²) in [6.45, 7) is 5.20. The number of methoxy groups -OCH3 is 1. The van der Waals surface area contributed by atoms with Crippen molar-refractivity contribution in [3.05, 3.63) is 53.6 Å². The molecular formula is C27H36N2O5S. The van der Waals surface area contributed by atoms with Crippen molar-refractivity contribution in [2.75, 3.05) is 20.2 Å². The van der Waals surface area contributed by atoms with Gasteiger partial charge in [0, 0.05) is 25.1 Å². The third-order valence-corrected chi connectivity index (χ3v) is 9.30. The smallest absolute Gasteiger partial charge is 0.255 e. The van der Waals surface area contributed by atoms with Gasteiger partial charge in [0.15, 0.2) is 0 Å². The van der Waals surface area contributed by atoms with Crippen LogP contribution < -0.4 is 14.8 Å². The van der Waals surface area contributed by atoms with E-state index in [1.54, 1.807) is 6.07 Å². The Balaban J connectivity index is 1.65. The molecule has 8 heteroatoms. The molecule has 190 valence electrons. The number of ether oxygens (including phenoxy) is 2. The van der Waals surface area contributed by atoms with E-state index < -0.39 is 10.0 Å². The van der Waals surface area contributed by atoms with E-state index in [0.717, 1.165) is 49.8 Å². The standard InChI is InChI=1S/C27H36N2O5S/c1-4-27(5-2)19-23(21-12-8-9-13-25(21)34-27)28-26(30)22-18-20(14-15-24(22)33-3)35(31,32)29-16-10-6-7-11-17-29/h8-9,12-15,18,23H,4-7,10-11,16-17,19H2,1-3H3,(H,28,30)/t23-/m1/s1. The first-order chi connectivity index (χ1) is 16.8. The summed E-state index contributed by atoms with van der Waals surface area (Å²) >= 11 is 0. The molecule has 1 fully saturated rings. The molecule has 2 heterocycles. The van der Waals surface area contributed by atoms with E-state index in [9.17, 15) is 13.2 Å². The van der Waals surface area contributed by atoms with Crippen molar-refractivity contribution >= 4 is 15.9 Å². The fourth-order valence-corrected chi connectivity index (χ4v) is 6.67. The monoisotopic (exact) mass is 500 g/mol. The van der Waals surface area contributed by atoms with E-state index in [4.69, 9.17) is 9.47 Å². The van der Waals surface area contributed by atoms with Gasteiger partial charge in [-0.25, -0.2) is 8.42 Å². The number of carbonyl (C=O) groups is 1. The maximum Gasteiger partial charge on any atom is 0.255 e. The Hall–Kier alpha value is -2.58. The third kappa shape index (κ3) is 5.19. The fraction of sp³-hybridized carbons (Fsp3) is 0.519. The van der Waals surface area contributed by atoms with Crippen LogP contribution in [-0.4, -0.2) is 44.4 Å². The number of nitrogens with one attached hydrogen (secondary N) is 1. The van der Waals surface area contributed by atoms with Crippen LogP contribution in [0, 0.1) is 0 Å². The largest absolute Gasteiger partial charge is 0.496 e. The second kappa shape index (κ2) is 10.6. The first kappa shape index (κ1) is 25.5. The molecule has 2 aromatic carbocycles. The van der Waals surface area contributed by atoms with Gasteiger partial charge in [0.05, 0.1) is 23.6 Å². The van der Waals surface area contributed by atoms with Gasteiger partial charge in [-0.2, -0.15) is 4.31 Å². The van der Waals surface area contributed by atoms with Gasteiger partial charge in [0.25, 0.3) is 5.91 Å². The minimum Gasteiger partial charge on any atom is -0.496 e. The molecule has 2 aliphatic heterocycles. The second-order valence-electron chi connectivity index (χ2n) is 9.44. The number of hydrogen-bond donors (Lipinski definition) is 1. The lowest BCUT2D eigenvalue weighted by atomic mass is 9.83. The molecule has 1 saturated heterocycles. The number of rotatable bonds is 7. The fourth-order valence-electron chi connectivity index (χ4n) is 5.12. The lowest BCUT2D eigenvalue weighted by Crippen LogP contribution is -2.44. The Morgan fingerprint density at radius 2 is 1.77 bits per heavy atom. The van der Waals surface area contributed by atoms with Crippen LogP contribution in [0.4, 0.5) is 0 Å². The van der Waals surface area contributed by atoms with E-state index in [-0.39, 0.29) is 28.0 Å². The van der Waals surface area contributed by atoms with Gasteiger partial charge in [0.2, 0.25) is 10.0 Å². The molecule has 1 atom stereocenters. The van der Waals surface area contributed by atoms with Crippen LogP contribution in [0.25, 0.3) is 0 Å². The Morgan fingerprint density at radius 3 is 2.43 bits per heavy atom. The van der Waals surface area contributed by atoms with Gasteiger partial charge in [-0.3, -0.25) is 4.79 Å². The van der Waals surface area contributed by atoms with Gasteiger partial charge in [-0.15, -0.1) is 0 Å². The van der Waals surface area contributed by atoms with Crippen LogP contribution in [0.1, 0.15) is 80.8 Å². The Kier molecular flexibility index (Phi) is 7.71. The zero-order valence-corrected chi connectivity index (χ0v) is 21.7. The summed E-state index contributed by atoms with van der Waals surface area (Å²) in [7, 11) is -2.21. The number of para-hydroxylation sites is 1. The molecule has 0 aromatic heterocycles. The van der Waals surface area contributed by atoms with E-state index >= 15 is 0 Å². The summed E-state index contributed by atoms with van der Waals surface area (Å²) in [5, 5.41) is 3.15.